The van der Waals surface area contributed by atoms with Crippen LogP contribution in [-0.4, -0.2) is 24.6 Å². The van der Waals surface area contributed by atoms with Crippen molar-refractivity contribution in [3.05, 3.63) is 47.2 Å². The molecule has 0 radical (unpaired) electrons. The Balaban J connectivity index is 1.82. The van der Waals surface area contributed by atoms with Gasteiger partial charge in [0.15, 0.2) is 17.2 Å². The molecule has 1 N–H and O–H groups in total. The van der Waals surface area contributed by atoms with Crippen molar-refractivity contribution in [2.75, 3.05) is 12.4 Å². The Labute approximate surface area is 151 Å². The summed E-state index contributed by atoms with van der Waals surface area (Å²) in [5.74, 6) is 0.113. The molecule has 0 saturated carbocycles. The molecule has 0 spiro atoms. The molecule has 0 aliphatic heterocycles. The maximum atomic E-state index is 12.5. The van der Waals surface area contributed by atoms with Crippen LogP contribution in [0.15, 0.2) is 40.1 Å². The number of hydrogen-bond donors (Lipinski definition) is 1. The molecule has 0 bridgehead atoms. The maximum absolute atomic E-state index is 12.5. The smallest absolute Gasteiger partial charge is 0.387 e. The average Bonchev–Trinajstić information content (AvgIpc) is 3.24. The van der Waals surface area contributed by atoms with Gasteiger partial charge in [0.2, 0.25) is 5.89 Å². The number of aryl methyl sites for hydroxylation is 1. The normalized spacial score (nSPS) is 10.8. The van der Waals surface area contributed by atoms with Gasteiger partial charge in [-0.2, -0.15) is 8.78 Å². The van der Waals surface area contributed by atoms with E-state index in [9.17, 15) is 13.6 Å². The number of nitrogens with one attached hydrogen (secondary N) is 1. The molecule has 9 heteroatoms. The highest BCUT2D eigenvalue weighted by Crippen LogP contribution is 2.32. The van der Waals surface area contributed by atoms with Crippen molar-refractivity contribution in [1.82, 2.24) is 4.98 Å². The van der Waals surface area contributed by atoms with Gasteiger partial charge in [0.25, 0.3) is 5.91 Å². The van der Waals surface area contributed by atoms with Crippen molar-refractivity contribution in [2.45, 2.75) is 13.5 Å². The number of carbonyl (C=O) groups excluding carboxylic acids is 1. The van der Waals surface area contributed by atoms with Gasteiger partial charge in [-0.15, -0.1) is 11.3 Å². The summed E-state index contributed by atoms with van der Waals surface area (Å²) < 4.78 is 39.9. The first-order valence-electron chi connectivity index (χ1n) is 7.43. The number of alkyl halides is 2. The summed E-state index contributed by atoms with van der Waals surface area (Å²) in [6.45, 7) is -1.39. The quantitative estimate of drug-likeness (QED) is 0.678. The molecular weight excluding hydrogens is 366 g/mol. The monoisotopic (exact) mass is 380 g/mol. The molecule has 0 fully saturated rings. The number of amides is 1. The summed E-state index contributed by atoms with van der Waals surface area (Å²) in [5, 5.41) is 4.46. The van der Waals surface area contributed by atoms with E-state index >= 15 is 0 Å². The highest BCUT2D eigenvalue weighted by molar-refractivity contribution is 7.13. The van der Waals surface area contributed by atoms with Crippen LogP contribution in [-0.2, 0) is 0 Å². The molecule has 2 heterocycles. The van der Waals surface area contributed by atoms with Gasteiger partial charge >= 0.3 is 6.61 Å². The van der Waals surface area contributed by atoms with E-state index in [1.165, 1.54) is 36.6 Å². The molecule has 136 valence electrons. The fourth-order valence-electron chi connectivity index (χ4n) is 2.25. The zero-order valence-corrected chi connectivity index (χ0v) is 14.6. The molecule has 0 unspecified atom stereocenters. The summed E-state index contributed by atoms with van der Waals surface area (Å²) in [5.41, 5.74) is 0.368. The standard InChI is InChI=1S/C17H14F2N2O4S/c1-9-14(21-16(24-9)13-4-3-7-26-13)15(22)20-10-5-6-11(23-2)12(8-10)25-17(18)19/h3-8,17H,1-2H3,(H,20,22). The molecule has 3 aromatic rings. The van der Waals surface area contributed by atoms with Crippen molar-refractivity contribution in [2.24, 2.45) is 0 Å². The molecule has 2 aromatic heterocycles. The number of rotatable bonds is 6. The third-order valence-electron chi connectivity index (χ3n) is 3.38. The summed E-state index contributed by atoms with van der Waals surface area (Å²) >= 11 is 1.44. The van der Waals surface area contributed by atoms with E-state index < -0.39 is 12.5 Å². The molecule has 26 heavy (non-hydrogen) atoms. The second-order valence-corrected chi connectivity index (χ2v) is 6.05. The number of ether oxygens (including phenoxy) is 2. The molecule has 0 aliphatic rings. The molecule has 3 rings (SSSR count). The topological polar surface area (TPSA) is 73.6 Å². The summed E-state index contributed by atoms with van der Waals surface area (Å²) in [6.07, 6.45) is 0. The Morgan fingerprint density at radius 2 is 2.12 bits per heavy atom. The minimum Gasteiger partial charge on any atom is -0.493 e. The second kappa shape index (κ2) is 7.52. The Hall–Kier alpha value is -2.94. The number of nitrogens with zero attached hydrogens (tertiary/aromatic N) is 1. The van der Waals surface area contributed by atoms with E-state index in [1.807, 2.05) is 17.5 Å². The number of carbonyl (C=O) groups is 1. The van der Waals surface area contributed by atoms with E-state index in [-0.39, 0.29) is 22.9 Å². The number of oxazole rings is 1. The molecule has 0 saturated heterocycles. The Bertz CT molecular complexity index is 910. The van der Waals surface area contributed by atoms with Gasteiger partial charge in [0, 0.05) is 11.8 Å². The first-order chi connectivity index (χ1) is 12.5. The van der Waals surface area contributed by atoms with Gasteiger partial charge in [-0.3, -0.25) is 4.79 Å². The van der Waals surface area contributed by atoms with Crippen LogP contribution >= 0.6 is 11.3 Å². The van der Waals surface area contributed by atoms with Crippen molar-refractivity contribution in [1.29, 1.82) is 0 Å². The van der Waals surface area contributed by atoms with Crippen molar-refractivity contribution < 1.29 is 27.5 Å². The van der Waals surface area contributed by atoms with Crippen LogP contribution in [0.25, 0.3) is 10.8 Å². The first kappa shape index (κ1) is 17.9. The number of benzene rings is 1. The zero-order chi connectivity index (χ0) is 18.7. The number of aromatic nitrogens is 1. The van der Waals surface area contributed by atoms with Gasteiger partial charge in [0.1, 0.15) is 5.76 Å². The van der Waals surface area contributed by atoms with E-state index in [1.54, 1.807) is 6.92 Å². The van der Waals surface area contributed by atoms with Crippen LogP contribution < -0.4 is 14.8 Å². The van der Waals surface area contributed by atoms with Crippen LogP contribution in [0, 0.1) is 6.92 Å². The van der Waals surface area contributed by atoms with Crippen LogP contribution in [0.4, 0.5) is 14.5 Å². The van der Waals surface area contributed by atoms with Crippen LogP contribution in [0.1, 0.15) is 16.2 Å². The van der Waals surface area contributed by atoms with Gasteiger partial charge in [0.05, 0.1) is 12.0 Å². The fraction of sp³-hybridized carbons (Fsp3) is 0.176. The Morgan fingerprint density at radius 1 is 1.31 bits per heavy atom. The third-order valence-corrected chi connectivity index (χ3v) is 4.24. The van der Waals surface area contributed by atoms with Gasteiger partial charge in [-0.05, 0) is 30.5 Å². The maximum Gasteiger partial charge on any atom is 0.387 e. The first-order valence-corrected chi connectivity index (χ1v) is 8.31. The van der Waals surface area contributed by atoms with Crippen LogP contribution in [0.2, 0.25) is 0 Å². The third kappa shape index (κ3) is 3.83. The van der Waals surface area contributed by atoms with E-state index in [4.69, 9.17) is 9.15 Å². The van der Waals surface area contributed by atoms with Gasteiger partial charge in [-0.25, -0.2) is 4.98 Å². The highest BCUT2D eigenvalue weighted by atomic mass is 32.1. The van der Waals surface area contributed by atoms with Gasteiger partial charge in [-0.1, -0.05) is 6.07 Å². The van der Waals surface area contributed by atoms with E-state index in [0.29, 0.717) is 11.7 Å². The van der Waals surface area contributed by atoms with E-state index in [0.717, 1.165) is 4.88 Å². The lowest BCUT2D eigenvalue weighted by atomic mass is 10.2. The number of thiophene rings is 1. The minimum atomic E-state index is -3.01. The van der Waals surface area contributed by atoms with Crippen molar-refractivity contribution in [3.63, 3.8) is 0 Å². The second-order valence-electron chi connectivity index (χ2n) is 5.10. The Morgan fingerprint density at radius 3 is 2.77 bits per heavy atom. The van der Waals surface area contributed by atoms with Gasteiger partial charge < -0.3 is 19.2 Å². The zero-order valence-electron chi connectivity index (χ0n) is 13.8. The fourth-order valence-corrected chi connectivity index (χ4v) is 2.89. The van der Waals surface area contributed by atoms with Crippen LogP contribution in [0.3, 0.4) is 0 Å². The molecule has 1 aromatic carbocycles. The predicted molar refractivity (Wildman–Crippen MR) is 92.1 cm³/mol. The minimum absolute atomic E-state index is 0.112. The SMILES string of the molecule is COc1ccc(NC(=O)c2nc(-c3cccs3)oc2C)cc1OC(F)F. The van der Waals surface area contributed by atoms with Crippen LogP contribution in [0.5, 0.6) is 11.5 Å². The largest absolute Gasteiger partial charge is 0.493 e. The van der Waals surface area contributed by atoms with Crippen molar-refractivity contribution >= 4 is 22.9 Å². The number of halogens is 2. The lowest BCUT2D eigenvalue weighted by Crippen LogP contribution is -2.14. The van der Waals surface area contributed by atoms with Crippen molar-refractivity contribution in [3.8, 4) is 22.3 Å². The number of anilines is 1. The predicted octanol–water partition coefficient (Wildman–Crippen LogP) is 4.57. The number of methoxy groups -OCH3 is 1. The Kier molecular flexibility index (Phi) is 5.17. The highest BCUT2D eigenvalue weighted by Gasteiger charge is 2.19. The molecule has 0 aliphatic carbocycles. The summed E-state index contributed by atoms with van der Waals surface area (Å²) in [7, 11) is 1.33. The molecular formula is C17H14F2N2O4S. The average molecular weight is 380 g/mol. The molecule has 0 atom stereocenters. The molecule has 6 nitrogen and oxygen atoms in total. The lowest BCUT2D eigenvalue weighted by Gasteiger charge is -2.11. The molecule has 1 amide bonds. The lowest BCUT2D eigenvalue weighted by molar-refractivity contribution is -0.0511. The number of hydrogen-bond acceptors (Lipinski definition) is 6. The van der Waals surface area contributed by atoms with E-state index in [2.05, 4.69) is 15.0 Å². The summed E-state index contributed by atoms with van der Waals surface area (Å²) in [4.78, 5) is 17.5. The summed E-state index contributed by atoms with van der Waals surface area (Å²) in [6, 6.07) is 7.85.